The van der Waals surface area contributed by atoms with Crippen molar-refractivity contribution in [3.63, 3.8) is 0 Å². The van der Waals surface area contributed by atoms with Crippen molar-refractivity contribution in [1.82, 2.24) is 24.7 Å². The fourth-order valence-corrected chi connectivity index (χ4v) is 3.24. The molecule has 0 bridgehead atoms. The van der Waals surface area contributed by atoms with E-state index in [1.54, 1.807) is 6.07 Å². The van der Waals surface area contributed by atoms with Gasteiger partial charge in [-0.1, -0.05) is 12.8 Å². The third-order valence-electron chi connectivity index (χ3n) is 4.40. The molecule has 1 aliphatic carbocycles. The quantitative estimate of drug-likeness (QED) is 0.678. The number of H-pyrrole nitrogens is 2. The van der Waals surface area contributed by atoms with Crippen LogP contribution in [0, 0.1) is 0 Å². The summed E-state index contributed by atoms with van der Waals surface area (Å²) in [6.45, 7) is 0. The average Bonchev–Trinajstić information content (AvgIpc) is 3.26. The number of aromatic nitrogens is 5. The predicted octanol–water partition coefficient (Wildman–Crippen LogP) is 1.74. The average molecular weight is 326 g/mol. The SMILES string of the molecule is O=C(Cc1ccn(C2CCCC2)n1)Nc1nccc2[nH]c(=O)[nH]c12. The van der Waals surface area contributed by atoms with Gasteiger partial charge in [0.2, 0.25) is 5.91 Å². The number of hydrogen-bond donors (Lipinski definition) is 3. The maximum absolute atomic E-state index is 12.3. The van der Waals surface area contributed by atoms with Crippen molar-refractivity contribution in [3.8, 4) is 0 Å². The summed E-state index contributed by atoms with van der Waals surface area (Å²) in [6, 6.07) is 4.01. The van der Waals surface area contributed by atoms with Gasteiger partial charge in [0.25, 0.3) is 0 Å². The van der Waals surface area contributed by atoms with E-state index in [2.05, 4.69) is 25.4 Å². The van der Waals surface area contributed by atoms with E-state index in [4.69, 9.17) is 0 Å². The van der Waals surface area contributed by atoms with Crippen LogP contribution in [-0.4, -0.2) is 30.6 Å². The molecule has 24 heavy (non-hydrogen) atoms. The molecular weight excluding hydrogens is 308 g/mol. The second-order valence-electron chi connectivity index (χ2n) is 6.11. The van der Waals surface area contributed by atoms with E-state index in [0.29, 0.717) is 22.9 Å². The number of fused-ring (bicyclic) bond motifs is 1. The zero-order valence-corrected chi connectivity index (χ0v) is 13.1. The van der Waals surface area contributed by atoms with Gasteiger partial charge in [0.05, 0.1) is 23.7 Å². The fraction of sp³-hybridized carbons (Fsp3) is 0.375. The molecule has 1 aliphatic rings. The van der Waals surface area contributed by atoms with Crippen LogP contribution < -0.4 is 11.0 Å². The number of rotatable bonds is 4. The normalized spacial score (nSPS) is 15.2. The van der Waals surface area contributed by atoms with Gasteiger partial charge in [0.1, 0.15) is 5.52 Å². The minimum Gasteiger partial charge on any atom is -0.309 e. The molecule has 1 saturated carbocycles. The van der Waals surface area contributed by atoms with E-state index >= 15 is 0 Å². The molecule has 0 atom stereocenters. The van der Waals surface area contributed by atoms with E-state index in [1.807, 2.05) is 16.9 Å². The van der Waals surface area contributed by atoms with E-state index in [1.165, 1.54) is 19.0 Å². The van der Waals surface area contributed by atoms with Crippen LogP contribution in [0.25, 0.3) is 11.0 Å². The van der Waals surface area contributed by atoms with Gasteiger partial charge >= 0.3 is 5.69 Å². The smallest absolute Gasteiger partial charge is 0.309 e. The first-order valence-electron chi connectivity index (χ1n) is 8.10. The topological polar surface area (TPSA) is 108 Å². The molecule has 1 amide bonds. The predicted molar refractivity (Wildman–Crippen MR) is 88.8 cm³/mol. The molecule has 0 unspecified atom stereocenters. The maximum Gasteiger partial charge on any atom is 0.323 e. The van der Waals surface area contributed by atoms with Crippen LogP contribution in [0.15, 0.2) is 29.3 Å². The lowest BCUT2D eigenvalue weighted by atomic mass is 10.3. The first-order valence-corrected chi connectivity index (χ1v) is 8.10. The standard InChI is InChI=1S/C16H18N6O2/c23-13(9-10-6-8-22(21-10)11-3-1-2-4-11)19-15-14-12(5-7-17-15)18-16(24)20-14/h5-8,11H,1-4,9H2,(H,17,19,23)(H2,18,20,24). The lowest BCUT2D eigenvalue weighted by molar-refractivity contribution is -0.115. The van der Waals surface area contributed by atoms with E-state index < -0.39 is 0 Å². The summed E-state index contributed by atoms with van der Waals surface area (Å²) in [5.41, 5.74) is 1.50. The van der Waals surface area contributed by atoms with Crippen LogP contribution in [0.2, 0.25) is 0 Å². The van der Waals surface area contributed by atoms with Crippen molar-refractivity contribution in [2.45, 2.75) is 38.1 Å². The third-order valence-corrected chi connectivity index (χ3v) is 4.40. The Morgan fingerprint density at radius 2 is 2.12 bits per heavy atom. The fourth-order valence-electron chi connectivity index (χ4n) is 3.24. The van der Waals surface area contributed by atoms with Crippen LogP contribution in [0.5, 0.6) is 0 Å². The summed E-state index contributed by atoms with van der Waals surface area (Å²) in [5.74, 6) is 0.125. The summed E-state index contributed by atoms with van der Waals surface area (Å²) in [7, 11) is 0. The molecule has 0 radical (unpaired) electrons. The molecule has 8 heteroatoms. The molecule has 3 heterocycles. The molecule has 3 aromatic heterocycles. The maximum atomic E-state index is 12.3. The lowest BCUT2D eigenvalue weighted by Crippen LogP contribution is -2.16. The van der Waals surface area contributed by atoms with Gasteiger partial charge in [-0.15, -0.1) is 0 Å². The molecule has 0 spiro atoms. The van der Waals surface area contributed by atoms with E-state index in [0.717, 1.165) is 18.5 Å². The Labute approximate surface area is 137 Å². The van der Waals surface area contributed by atoms with Gasteiger partial charge in [-0.3, -0.25) is 9.48 Å². The Balaban J connectivity index is 1.47. The molecule has 4 rings (SSSR count). The number of nitrogens with zero attached hydrogens (tertiary/aromatic N) is 3. The monoisotopic (exact) mass is 326 g/mol. The van der Waals surface area contributed by atoms with Crippen LogP contribution in [-0.2, 0) is 11.2 Å². The molecular formula is C16H18N6O2. The summed E-state index contributed by atoms with van der Waals surface area (Å²) in [6.07, 6.45) is 8.44. The van der Waals surface area contributed by atoms with Crippen LogP contribution in [0.3, 0.4) is 0 Å². The van der Waals surface area contributed by atoms with Crippen molar-refractivity contribution < 1.29 is 4.79 Å². The Bertz CT molecular complexity index is 931. The van der Waals surface area contributed by atoms with Crippen molar-refractivity contribution in [2.75, 3.05) is 5.32 Å². The van der Waals surface area contributed by atoms with Crippen LogP contribution in [0.4, 0.5) is 5.82 Å². The highest BCUT2D eigenvalue weighted by Gasteiger charge is 2.18. The van der Waals surface area contributed by atoms with Gasteiger partial charge in [0, 0.05) is 12.4 Å². The number of nitrogens with one attached hydrogen (secondary N) is 3. The zero-order valence-electron chi connectivity index (χ0n) is 13.1. The minimum absolute atomic E-state index is 0.173. The van der Waals surface area contributed by atoms with Crippen LogP contribution in [0.1, 0.15) is 37.4 Å². The summed E-state index contributed by atoms with van der Waals surface area (Å²) < 4.78 is 1.97. The second kappa shape index (κ2) is 5.95. The number of hydrogen-bond acceptors (Lipinski definition) is 4. The van der Waals surface area contributed by atoms with Gasteiger partial charge < -0.3 is 15.3 Å². The Hall–Kier alpha value is -2.90. The molecule has 3 aromatic rings. The van der Waals surface area contributed by atoms with Crippen molar-refractivity contribution >= 4 is 22.8 Å². The Morgan fingerprint density at radius 3 is 2.96 bits per heavy atom. The summed E-state index contributed by atoms with van der Waals surface area (Å²) in [4.78, 5) is 33.0. The number of carbonyl (C=O) groups is 1. The summed E-state index contributed by atoms with van der Waals surface area (Å²) in [5, 5.41) is 7.25. The number of amides is 1. The molecule has 0 aromatic carbocycles. The number of imidazole rings is 1. The molecule has 0 aliphatic heterocycles. The first-order chi connectivity index (χ1) is 11.7. The van der Waals surface area contributed by atoms with Crippen LogP contribution >= 0.6 is 0 Å². The van der Waals surface area contributed by atoms with Gasteiger partial charge in [-0.2, -0.15) is 5.10 Å². The van der Waals surface area contributed by atoms with Crippen molar-refractivity contribution in [3.05, 3.63) is 40.7 Å². The number of aromatic amines is 2. The highest BCUT2D eigenvalue weighted by molar-refractivity contribution is 5.98. The van der Waals surface area contributed by atoms with Gasteiger partial charge in [-0.25, -0.2) is 9.78 Å². The third kappa shape index (κ3) is 2.82. The van der Waals surface area contributed by atoms with Crippen molar-refractivity contribution in [1.29, 1.82) is 0 Å². The molecule has 1 fully saturated rings. The van der Waals surface area contributed by atoms with Gasteiger partial charge in [-0.05, 0) is 25.0 Å². The van der Waals surface area contributed by atoms with Crippen molar-refractivity contribution in [2.24, 2.45) is 0 Å². The largest absolute Gasteiger partial charge is 0.323 e. The molecule has 124 valence electrons. The highest BCUT2D eigenvalue weighted by atomic mass is 16.2. The number of pyridine rings is 1. The number of carbonyl (C=O) groups excluding carboxylic acids is 1. The van der Waals surface area contributed by atoms with E-state index in [9.17, 15) is 9.59 Å². The molecule has 0 saturated heterocycles. The zero-order chi connectivity index (χ0) is 16.5. The lowest BCUT2D eigenvalue weighted by Gasteiger charge is -2.08. The summed E-state index contributed by atoms with van der Waals surface area (Å²) >= 11 is 0. The second-order valence-corrected chi connectivity index (χ2v) is 6.11. The Kier molecular flexibility index (Phi) is 3.64. The Morgan fingerprint density at radius 1 is 1.29 bits per heavy atom. The molecule has 3 N–H and O–H groups in total. The van der Waals surface area contributed by atoms with Gasteiger partial charge in [0.15, 0.2) is 5.82 Å². The minimum atomic E-state index is -0.330. The van der Waals surface area contributed by atoms with E-state index in [-0.39, 0.29) is 18.0 Å². The first kappa shape index (κ1) is 14.7. The highest BCUT2D eigenvalue weighted by Crippen LogP contribution is 2.28. The number of anilines is 1. The molecule has 8 nitrogen and oxygen atoms in total.